The van der Waals surface area contributed by atoms with Crippen molar-refractivity contribution in [2.24, 2.45) is 5.41 Å². The first-order valence-corrected chi connectivity index (χ1v) is 18.2. The molecule has 1 saturated carbocycles. The van der Waals surface area contributed by atoms with E-state index in [0.717, 1.165) is 91.6 Å². The number of pyridine rings is 1. The molecule has 3 nitrogen and oxygen atoms in total. The van der Waals surface area contributed by atoms with Crippen molar-refractivity contribution in [1.82, 2.24) is 4.98 Å². The lowest BCUT2D eigenvalue weighted by atomic mass is 9.70. The van der Waals surface area contributed by atoms with Gasteiger partial charge in [0.15, 0.2) is 8.32 Å². The standard InChI is InChI=1S/C34H46F3NO2Si/c1-32(2,3)41(6,7)40-26-20-33(4,5)19-25-28(26)27(21-11-8-9-12-21)29(30(38-25)22-13-10-14-22)31(39)23-15-17-24(18-16-23)34(35,36)37/h11,15-18,22,26,31,39H,8-10,12-14,19-20H2,1-7H3/t26-,31?/m1/s1. The number of benzene rings is 1. The van der Waals surface area contributed by atoms with Crippen LogP contribution in [0.2, 0.25) is 18.1 Å². The van der Waals surface area contributed by atoms with Crippen LogP contribution in [0.5, 0.6) is 0 Å². The minimum absolute atomic E-state index is 0.0127. The number of aliphatic hydroxyl groups excluding tert-OH is 1. The van der Waals surface area contributed by atoms with Gasteiger partial charge in [0.25, 0.3) is 0 Å². The van der Waals surface area contributed by atoms with Crippen molar-refractivity contribution in [3.05, 3.63) is 69.5 Å². The molecule has 1 aromatic carbocycles. The van der Waals surface area contributed by atoms with Gasteiger partial charge in [-0.1, -0.05) is 59.2 Å². The first-order chi connectivity index (χ1) is 19.0. The van der Waals surface area contributed by atoms with Crippen LogP contribution in [0, 0.1) is 5.41 Å². The fraction of sp³-hybridized carbons (Fsp3) is 0.618. The molecule has 0 amide bonds. The fourth-order valence-corrected chi connectivity index (χ4v) is 7.73. The summed E-state index contributed by atoms with van der Waals surface area (Å²) in [5.41, 5.74) is 6.01. The first-order valence-electron chi connectivity index (χ1n) is 15.3. The van der Waals surface area contributed by atoms with E-state index in [1.807, 2.05) is 0 Å². The molecule has 5 rings (SSSR count). The Hall–Kier alpha value is -1.96. The zero-order valence-corrected chi connectivity index (χ0v) is 26.7. The van der Waals surface area contributed by atoms with Gasteiger partial charge in [-0.3, -0.25) is 4.98 Å². The van der Waals surface area contributed by atoms with Crippen LogP contribution in [0.15, 0.2) is 30.3 Å². The Morgan fingerprint density at radius 3 is 2.22 bits per heavy atom. The van der Waals surface area contributed by atoms with Gasteiger partial charge in [0, 0.05) is 22.7 Å². The van der Waals surface area contributed by atoms with E-state index in [4.69, 9.17) is 9.41 Å². The van der Waals surface area contributed by atoms with Gasteiger partial charge in [-0.2, -0.15) is 13.2 Å². The Kier molecular flexibility index (Phi) is 7.91. The van der Waals surface area contributed by atoms with Crippen molar-refractivity contribution in [2.75, 3.05) is 0 Å². The topological polar surface area (TPSA) is 42.4 Å². The summed E-state index contributed by atoms with van der Waals surface area (Å²) in [7, 11) is -2.17. The Labute approximate surface area is 244 Å². The second kappa shape index (κ2) is 10.6. The first kappa shape index (κ1) is 30.5. The van der Waals surface area contributed by atoms with Gasteiger partial charge in [0.05, 0.1) is 17.4 Å². The number of hydrogen-bond acceptors (Lipinski definition) is 3. The Balaban J connectivity index is 1.74. The molecule has 41 heavy (non-hydrogen) atoms. The lowest BCUT2D eigenvalue weighted by Gasteiger charge is -2.45. The van der Waals surface area contributed by atoms with Crippen LogP contribution < -0.4 is 0 Å². The minimum Gasteiger partial charge on any atom is -0.410 e. The van der Waals surface area contributed by atoms with Crippen LogP contribution in [0.1, 0.15) is 137 Å². The van der Waals surface area contributed by atoms with E-state index >= 15 is 0 Å². The summed E-state index contributed by atoms with van der Waals surface area (Å²) < 4.78 is 47.3. The molecule has 2 atom stereocenters. The summed E-state index contributed by atoms with van der Waals surface area (Å²) in [6.07, 6.45) is 4.50. The number of nitrogens with zero attached hydrogens (tertiary/aromatic N) is 1. The van der Waals surface area contributed by atoms with E-state index in [9.17, 15) is 18.3 Å². The van der Waals surface area contributed by atoms with Gasteiger partial charge in [-0.05, 0) is 97.3 Å². The maximum Gasteiger partial charge on any atom is 0.416 e. The maximum absolute atomic E-state index is 13.4. The molecule has 7 heteroatoms. The Morgan fingerprint density at radius 1 is 1.05 bits per heavy atom. The third-order valence-corrected chi connectivity index (χ3v) is 14.5. The predicted molar refractivity (Wildman–Crippen MR) is 161 cm³/mol. The van der Waals surface area contributed by atoms with Gasteiger partial charge < -0.3 is 9.53 Å². The van der Waals surface area contributed by atoms with E-state index < -0.39 is 26.2 Å². The molecule has 224 valence electrons. The Bertz CT molecular complexity index is 1320. The molecular weight excluding hydrogens is 539 g/mol. The normalized spacial score (nSPS) is 22.2. The van der Waals surface area contributed by atoms with Crippen LogP contribution in [0.4, 0.5) is 13.2 Å². The van der Waals surface area contributed by atoms with Gasteiger partial charge >= 0.3 is 6.18 Å². The third-order valence-electron chi connectivity index (χ3n) is 10.0. The smallest absolute Gasteiger partial charge is 0.410 e. The summed E-state index contributed by atoms with van der Waals surface area (Å²) in [6.45, 7) is 15.9. The molecule has 2 aromatic rings. The molecule has 1 unspecified atom stereocenters. The molecule has 1 heterocycles. The third kappa shape index (κ3) is 5.96. The highest BCUT2D eigenvalue weighted by atomic mass is 28.4. The van der Waals surface area contributed by atoms with Gasteiger partial charge in [-0.25, -0.2) is 0 Å². The van der Waals surface area contributed by atoms with Crippen molar-refractivity contribution < 1.29 is 22.7 Å². The fourth-order valence-electron chi connectivity index (χ4n) is 6.46. The zero-order valence-electron chi connectivity index (χ0n) is 25.7. The molecule has 3 aliphatic carbocycles. The monoisotopic (exact) mass is 585 g/mol. The highest BCUT2D eigenvalue weighted by Crippen LogP contribution is 2.53. The minimum atomic E-state index is -4.42. The largest absolute Gasteiger partial charge is 0.416 e. The van der Waals surface area contributed by atoms with Crippen LogP contribution >= 0.6 is 0 Å². The molecule has 0 aliphatic heterocycles. The van der Waals surface area contributed by atoms with Crippen molar-refractivity contribution >= 4 is 13.9 Å². The average molecular weight is 586 g/mol. The van der Waals surface area contributed by atoms with Crippen molar-refractivity contribution in [3.63, 3.8) is 0 Å². The number of alkyl halides is 3. The van der Waals surface area contributed by atoms with Crippen LogP contribution in [0.25, 0.3) is 5.57 Å². The molecule has 3 aliphatic rings. The molecule has 0 spiro atoms. The number of allylic oxidation sites excluding steroid dienone is 2. The van der Waals surface area contributed by atoms with Gasteiger partial charge in [0.2, 0.25) is 0 Å². The maximum atomic E-state index is 13.4. The zero-order chi connectivity index (χ0) is 30.0. The van der Waals surface area contributed by atoms with E-state index in [2.05, 4.69) is 53.8 Å². The predicted octanol–water partition coefficient (Wildman–Crippen LogP) is 10.1. The number of aromatic nitrogens is 1. The Morgan fingerprint density at radius 2 is 1.71 bits per heavy atom. The molecule has 0 radical (unpaired) electrons. The summed E-state index contributed by atoms with van der Waals surface area (Å²) in [5.74, 6) is 0.255. The van der Waals surface area contributed by atoms with E-state index in [1.165, 1.54) is 17.7 Å². The summed E-state index contributed by atoms with van der Waals surface area (Å²) in [6, 6.07) is 5.01. The van der Waals surface area contributed by atoms with Crippen molar-refractivity contribution in [3.8, 4) is 0 Å². The second-order valence-electron chi connectivity index (χ2n) is 14.8. The SMILES string of the molecule is CC1(C)Cc2nc(C3CCC3)c(C(O)c3ccc(C(F)(F)F)cc3)c(C3=CCCC3)c2[C@H](O[Si](C)(C)C(C)(C)C)C1. The molecule has 0 bridgehead atoms. The highest BCUT2D eigenvalue weighted by Gasteiger charge is 2.45. The van der Waals surface area contributed by atoms with Gasteiger partial charge in [0.1, 0.15) is 6.10 Å². The summed E-state index contributed by atoms with van der Waals surface area (Å²) in [4.78, 5) is 5.38. The van der Waals surface area contributed by atoms with E-state index in [1.54, 1.807) is 0 Å². The molecule has 1 aromatic heterocycles. The summed E-state index contributed by atoms with van der Waals surface area (Å²) >= 11 is 0. The van der Waals surface area contributed by atoms with Gasteiger partial charge in [-0.15, -0.1) is 0 Å². The van der Waals surface area contributed by atoms with Crippen molar-refractivity contribution in [1.29, 1.82) is 0 Å². The number of rotatable bonds is 6. The summed E-state index contributed by atoms with van der Waals surface area (Å²) in [5, 5.41) is 12.1. The average Bonchev–Trinajstić information content (AvgIpc) is 3.34. The highest BCUT2D eigenvalue weighted by molar-refractivity contribution is 6.74. The lowest BCUT2D eigenvalue weighted by molar-refractivity contribution is -0.137. The second-order valence-corrected chi connectivity index (χ2v) is 19.6. The van der Waals surface area contributed by atoms with Crippen LogP contribution in [0.3, 0.4) is 0 Å². The number of halogens is 3. The number of fused-ring (bicyclic) bond motifs is 1. The molecular formula is C34H46F3NO2Si. The number of aliphatic hydroxyl groups is 1. The number of hydrogen-bond donors (Lipinski definition) is 1. The molecule has 1 fully saturated rings. The van der Waals surface area contributed by atoms with Crippen molar-refractivity contribution in [2.45, 2.75) is 128 Å². The van der Waals surface area contributed by atoms with Crippen LogP contribution in [-0.2, 0) is 17.0 Å². The molecule has 0 saturated heterocycles. The van der Waals surface area contributed by atoms with E-state index in [0.29, 0.717) is 5.56 Å². The van der Waals surface area contributed by atoms with E-state index in [-0.39, 0.29) is 22.5 Å². The quantitative estimate of drug-likeness (QED) is 0.343. The van der Waals surface area contributed by atoms with Crippen LogP contribution in [-0.4, -0.2) is 18.4 Å². The lowest BCUT2D eigenvalue weighted by Crippen LogP contribution is -2.44. The molecule has 1 N–H and O–H groups in total.